The van der Waals surface area contributed by atoms with Crippen LogP contribution in [0, 0.1) is 17.5 Å². The van der Waals surface area contributed by atoms with Gasteiger partial charge in [0.05, 0.1) is 12.1 Å². The van der Waals surface area contributed by atoms with Crippen LogP contribution in [0.5, 0.6) is 0 Å². The fourth-order valence-electron chi connectivity index (χ4n) is 2.42. The van der Waals surface area contributed by atoms with E-state index in [9.17, 15) is 18.0 Å². The standard InChI is InChI=1S/C17H13ClF3NO/c18-14-2-1-3-15(20)13(14)9-22(11-5-6-11)17(23)12-8-10(19)4-7-16(12)21/h1-4,7-8,11H,5-6,9H2. The second kappa shape index (κ2) is 6.24. The number of benzene rings is 2. The summed E-state index contributed by atoms with van der Waals surface area (Å²) < 4.78 is 41.1. The van der Waals surface area contributed by atoms with Crippen molar-refractivity contribution in [2.24, 2.45) is 0 Å². The quantitative estimate of drug-likeness (QED) is 0.799. The minimum absolute atomic E-state index is 0.0784. The summed E-state index contributed by atoms with van der Waals surface area (Å²) in [5, 5.41) is 0.197. The molecule has 0 radical (unpaired) electrons. The van der Waals surface area contributed by atoms with E-state index in [4.69, 9.17) is 11.6 Å². The predicted octanol–water partition coefficient (Wildman–Crippen LogP) is 4.56. The van der Waals surface area contributed by atoms with Crippen molar-refractivity contribution < 1.29 is 18.0 Å². The van der Waals surface area contributed by atoms with Crippen molar-refractivity contribution >= 4 is 17.5 Å². The third kappa shape index (κ3) is 3.34. The molecular formula is C17H13ClF3NO. The van der Waals surface area contributed by atoms with E-state index < -0.39 is 23.4 Å². The summed E-state index contributed by atoms with van der Waals surface area (Å²) in [5.74, 6) is -2.70. The SMILES string of the molecule is O=C(c1cc(F)ccc1F)N(Cc1c(F)cccc1Cl)C1CC1. The first-order valence-corrected chi connectivity index (χ1v) is 7.54. The molecule has 1 aliphatic carbocycles. The van der Waals surface area contributed by atoms with Gasteiger partial charge in [-0.05, 0) is 43.2 Å². The van der Waals surface area contributed by atoms with Gasteiger partial charge in [0.1, 0.15) is 17.5 Å². The van der Waals surface area contributed by atoms with Crippen LogP contribution < -0.4 is 0 Å². The van der Waals surface area contributed by atoms with Gasteiger partial charge < -0.3 is 4.90 Å². The lowest BCUT2D eigenvalue weighted by atomic mass is 10.1. The van der Waals surface area contributed by atoms with Crippen LogP contribution in [0.15, 0.2) is 36.4 Å². The van der Waals surface area contributed by atoms with Gasteiger partial charge in [0.25, 0.3) is 5.91 Å². The summed E-state index contributed by atoms with van der Waals surface area (Å²) in [6, 6.07) is 6.84. The van der Waals surface area contributed by atoms with Crippen molar-refractivity contribution in [3.05, 3.63) is 70.0 Å². The summed E-state index contributed by atoms with van der Waals surface area (Å²) in [5.41, 5.74) is -0.185. The van der Waals surface area contributed by atoms with Crippen LogP contribution in [-0.4, -0.2) is 16.8 Å². The average Bonchev–Trinajstić information content (AvgIpc) is 3.33. The number of rotatable bonds is 4. The third-order valence-corrected chi connectivity index (χ3v) is 4.15. The first kappa shape index (κ1) is 15.9. The van der Waals surface area contributed by atoms with E-state index in [0.717, 1.165) is 31.0 Å². The Kier molecular flexibility index (Phi) is 4.31. The lowest BCUT2D eigenvalue weighted by Crippen LogP contribution is -2.33. The maximum Gasteiger partial charge on any atom is 0.257 e. The van der Waals surface area contributed by atoms with Crippen molar-refractivity contribution in [1.82, 2.24) is 4.90 Å². The highest BCUT2D eigenvalue weighted by molar-refractivity contribution is 6.31. The second-order valence-corrected chi connectivity index (χ2v) is 5.90. The smallest absolute Gasteiger partial charge is 0.257 e. The molecule has 23 heavy (non-hydrogen) atoms. The summed E-state index contributed by atoms with van der Waals surface area (Å²) in [6.45, 7) is -0.0784. The highest BCUT2D eigenvalue weighted by Crippen LogP contribution is 2.32. The number of carbonyl (C=O) groups excluding carboxylic acids is 1. The molecule has 0 bridgehead atoms. The van der Waals surface area contributed by atoms with E-state index in [-0.39, 0.29) is 28.7 Å². The first-order chi connectivity index (χ1) is 11.0. The highest BCUT2D eigenvalue weighted by atomic mass is 35.5. The fourth-order valence-corrected chi connectivity index (χ4v) is 2.65. The highest BCUT2D eigenvalue weighted by Gasteiger charge is 2.35. The lowest BCUT2D eigenvalue weighted by Gasteiger charge is -2.23. The Morgan fingerprint density at radius 3 is 2.52 bits per heavy atom. The second-order valence-electron chi connectivity index (χ2n) is 5.49. The molecule has 2 aromatic carbocycles. The van der Waals surface area contributed by atoms with E-state index >= 15 is 0 Å². The van der Waals surface area contributed by atoms with Gasteiger partial charge in [0, 0.05) is 16.6 Å². The molecule has 0 heterocycles. The van der Waals surface area contributed by atoms with Gasteiger partial charge in [-0.25, -0.2) is 13.2 Å². The lowest BCUT2D eigenvalue weighted by molar-refractivity contribution is 0.0723. The Balaban J connectivity index is 1.93. The van der Waals surface area contributed by atoms with Crippen LogP contribution in [-0.2, 0) is 6.54 Å². The van der Waals surface area contributed by atoms with Crippen molar-refractivity contribution in [1.29, 1.82) is 0 Å². The van der Waals surface area contributed by atoms with Crippen molar-refractivity contribution in [3.8, 4) is 0 Å². The summed E-state index contributed by atoms with van der Waals surface area (Å²) in [6.07, 6.45) is 1.49. The van der Waals surface area contributed by atoms with Crippen LogP contribution in [0.25, 0.3) is 0 Å². The largest absolute Gasteiger partial charge is 0.331 e. The van der Waals surface area contributed by atoms with E-state index in [1.165, 1.54) is 23.1 Å². The Hall–Kier alpha value is -2.01. The molecule has 120 valence electrons. The van der Waals surface area contributed by atoms with Crippen LogP contribution >= 0.6 is 11.6 Å². The molecule has 0 aromatic heterocycles. The number of hydrogen-bond donors (Lipinski definition) is 0. The Morgan fingerprint density at radius 1 is 1.13 bits per heavy atom. The zero-order valence-electron chi connectivity index (χ0n) is 12.0. The van der Waals surface area contributed by atoms with E-state index in [0.29, 0.717) is 0 Å². The van der Waals surface area contributed by atoms with Gasteiger partial charge in [-0.3, -0.25) is 4.79 Å². The molecule has 0 atom stereocenters. The molecule has 0 saturated heterocycles. The number of carbonyl (C=O) groups is 1. The molecule has 1 fully saturated rings. The van der Waals surface area contributed by atoms with Gasteiger partial charge >= 0.3 is 0 Å². The average molecular weight is 340 g/mol. The normalized spacial score (nSPS) is 13.9. The zero-order valence-corrected chi connectivity index (χ0v) is 12.8. The molecule has 3 rings (SSSR count). The monoisotopic (exact) mass is 339 g/mol. The maximum absolute atomic E-state index is 13.9. The summed E-state index contributed by atoms with van der Waals surface area (Å²) in [7, 11) is 0. The summed E-state index contributed by atoms with van der Waals surface area (Å²) in [4.78, 5) is 13.9. The first-order valence-electron chi connectivity index (χ1n) is 7.16. The van der Waals surface area contributed by atoms with Gasteiger partial charge in [-0.2, -0.15) is 0 Å². The van der Waals surface area contributed by atoms with Gasteiger partial charge in [0.2, 0.25) is 0 Å². The Labute approximate surface area is 136 Å². The number of amides is 1. The topological polar surface area (TPSA) is 20.3 Å². The molecule has 0 unspecified atom stereocenters. The predicted molar refractivity (Wildman–Crippen MR) is 80.7 cm³/mol. The van der Waals surface area contributed by atoms with Crippen LogP contribution in [0.1, 0.15) is 28.8 Å². The molecule has 0 spiro atoms. The van der Waals surface area contributed by atoms with Crippen LogP contribution in [0.4, 0.5) is 13.2 Å². The molecule has 1 saturated carbocycles. The van der Waals surface area contributed by atoms with Gasteiger partial charge in [-0.1, -0.05) is 17.7 Å². The fraction of sp³-hybridized carbons (Fsp3) is 0.235. The van der Waals surface area contributed by atoms with Crippen molar-refractivity contribution in [2.45, 2.75) is 25.4 Å². The molecule has 2 aromatic rings. The minimum atomic E-state index is -0.804. The van der Waals surface area contributed by atoms with E-state index in [2.05, 4.69) is 0 Å². The molecule has 0 aliphatic heterocycles. The van der Waals surface area contributed by atoms with Crippen molar-refractivity contribution in [3.63, 3.8) is 0 Å². The van der Waals surface area contributed by atoms with Crippen molar-refractivity contribution in [2.75, 3.05) is 0 Å². The van der Waals surface area contributed by atoms with Crippen LogP contribution in [0.2, 0.25) is 5.02 Å². The molecule has 6 heteroatoms. The number of nitrogens with zero attached hydrogens (tertiary/aromatic N) is 1. The molecule has 2 nitrogen and oxygen atoms in total. The third-order valence-electron chi connectivity index (χ3n) is 3.80. The minimum Gasteiger partial charge on any atom is -0.331 e. The molecule has 1 amide bonds. The molecule has 1 aliphatic rings. The van der Waals surface area contributed by atoms with E-state index in [1.54, 1.807) is 0 Å². The van der Waals surface area contributed by atoms with Gasteiger partial charge in [-0.15, -0.1) is 0 Å². The van der Waals surface area contributed by atoms with Crippen LogP contribution in [0.3, 0.4) is 0 Å². The Bertz CT molecular complexity index is 741. The summed E-state index contributed by atoms with van der Waals surface area (Å²) >= 11 is 5.99. The molecule has 0 N–H and O–H groups in total. The van der Waals surface area contributed by atoms with E-state index in [1.807, 2.05) is 0 Å². The number of halogens is 4. The maximum atomic E-state index is 13.9. The molecular weight excluding hydrogens is 327 g/mol. The Morgan fingerprint density at radius 2 is 1.87 bits per heavy atom. The number of hydrogen-bond acceptors (Lipinski definition) is 1. The van der Waals surface area contributed by atoms with Gasteiger partial charge in [0.15, 0.2) is 0 Å². The zero-order chi connectivity index (χ0) is 16.6.